The van der Waals surface area contributed by atoms with E-state index in [2.05, 4.69) is 162 Å². The van der Waals surface area contributed by atoms with Crippen molar-refractivity contribution >= 4 is 21.8 Å². The van der Waals surface area contributed by atoms with Crippen LogP contribution in [0.5, 0.6) is 0 Å². The second kappa shape index (κ2) is 9.65. The monoisotopic (exact) mass is 560 g/mol. The fraction of sp³-hybridized carbons (Fsp3) is 0.0238. The van der Waals surface area contributed by atoms with Gasteiger partial charge >= 0.3 is 0 Å². The highest BCUT2D eigenvalue weighted by Crippen LogP contribution is 2.58. The zero-order valence-corrected chi connectivity index (χ0v) is 24.1. The lowest BCUT2D eigenvalue weighted by atomic mass is 9.69. The SMILES string of the molecule is c1ccc(-c2cccc(-n3c4ccccc4c4c5c(ccc43)-c3ccccc3C5(c3ccccc3)c3ccccn3)c2)cc1. The smallest absolute Gasteiger partial charge is 0.0892 e. The van der Waals surface area contributed by atoms with Crippen LogP contribution in [0.1, 0.15) is 22.4 Å². The van der Waals surface area contributed by atoms with E-state index in [9.17, 15) is 0 Å². The molecule has 2 nitrogen and oxygen atoms in total. The van der Waals surface area contributed by atoms with Gasteiger partial charge in [0.05, 0.1) is 22.1 Å². The summed E-state index contributed by atoms with van der Waals surface area (Å²) in [5, 5.41) is 2.52. The molecule has 1 atom stereocenters. The number of hydrogen-bond donors (Lipinski definition) is 0. The summed E-state index contributed by atoms with van der Waals surface area (Å²) in [5.41, 5.74) is 12.7. The molecule has 6 aromatic carbocycles. The van der Waals surface area contributed by atoms with Crippen LogP contribution in [0.2, 0.25) is 0 Å². The van der Waals surface area contributed by atoms with Gasteiger partial charge in [-0.05, 0) is 75.3 Å². The fourth-order valence-corrected chi connectivity index (χ4v) is 7.57. The van der Waals surface area contributed by atoms with Crippen LogP contribution in [-0.4, -0.2) is 9.55 Å². The molecule has 0 fully saturated rings. The molecular formula is C42H28N2. The zero-order valence-electron chi connectivity index (χ0n) is 24.1. The number of nitrogens with zero attached hydrogens (tertiary/aromatic N) is 2. The van der Waals surface area contributed by atoms with E-state index in [1.807, 2.05) is 12.3 Å². The quantitative estimate of drug-likeness (QED) is 0.209. The Morgan fingerprint density at radius 1 is 0.500 bits per heavy atom. The van der Waals surface area contributed by atoms with Crippen LogP contribution in [0.3, 0.4) is 0 Å². The first-order chi connectivity index (χ1) is 21.9. The van der Waals surface area contributed by atoms with Crippen molar-refractivity contribution in [1.29, 1.82) is 0 Å². The summed E-state index contributed by atoms with van der Waals surface area (Å²) in [6.07, 6.45) is 1.93. The third-order valence-corrected chi connectivity index (χ3v) is 9.30. The third kappa shape index (κ3) is 3.40. The van der Waals surface area contributed by atoms with Gasteiger partial charge in [0, 0.05) is 22.7 Å². The van der Waals surface area contributed by atoms with E-state index in [1.165, 1.54) is 60.8 Å². The maximum absolute atomic E-state index is 5.10. The van der Waals surface area contributed by atoms with Gasteiger partial charge in [0.2, 0.25) is 0 Å². The summed E-state index contributed by atoms with van der Waals surface area (Å²) in [5.74, 6) is 0. The lowest BCUT2D eigenvalue weighted by molar-refractivity contribution is 0.741. The average molecular weight is 561 g/mol. The minimum atomic E-state index is -0.575. The first kappa shape index (κ1) is 24.8. The van der Waals surface area contributed by atoms with Crippen molar-refractivity contribution in [3.63, 3.8) is 0 Å². The molecule has 9 rings (SSSR count). The molecular weight excluding hydrogens is 532 g/mol. The van der Waals surface area contributed by atoms with Gasteiger partial charge < -0.3 is 4.57 Å². The summed E-state index contributed by atoms with van der Waals surface area (Å²) < 4.78 is 2.44. The highest BCUT2D eigenvalue weighted by atomic mass is 15.0. The Hall–Kier alpha value is -5.73. The Kier molecular flexibility index (Phi) is 5.45. The van der Waals surface area contributed by atoms with Gasteiger partial charge in [0.25, 0.3) is 0 Å². The Bertz CT molecular complexity index is 2280. The molecule has 0 saturated heterocycles. The van der Waals surface area contributed by atoms with E-state index < -0.39 is 5.41 Å². The Morgan fingerprint density at radius 3 is 2.07 bits per heavy atom. The lowest BCUT2D eigenvalue weighted by Crippen LogP contribution is -2.29. The van der Waals surface area contributed by atoms with E-state index in [1.54, 1.807) is 0 Å². The van der Waals surface area contributed by atoms with Gasteiger partial charge in [-0.3, -0.25) is 4.98 Å². The van der Waals surface area contributed by atoms with Gasteiger partial charge in [-0.15, -0.1) is 0 Å². The number of aromatic nitrogens is 2. The summed E-state index contributed by atoms with van der Waals surface area (Å²) in [6, 6.07) is 59.2. The average Bonchev–Trinajstić information content (AvgIpc) is 3.60. The molecule has 0 N–H and O–H groups in total. The van der Waals surface area contributed by atoms with Gasteiger partial charge in [-0.1, -0.05) is 127 Å². The molecule has 44 heavy (non-hydrogen) atoms. The number of hydrogen-bond acceptors (Lipinski definition) is 1. The number of benzene rings is 6. The molecule has 206 valence electrons. The van der Waals surface area contributed by atoms with Crippen LogP contribution in [0.25, 0.3) is 49.7 Å². The predicted molar refractivity (Wildman–Crippen MR) is 181 cm³/mol. The van der Waals surface area contributed by atoms with Crippen LogP contribution >= 0.6 is 0 Å². The van der Waals surface area contributed by atoms with Crippen molar-refractivity contribution in [3.05, 3.63) is 192 Å². The molecule has 2 aromatic heterocycles. The molecule has 0 amide bonds. The second-order valence-electron chi connectivity index (χ2n) is 11.5. The predicted octanol–water partition coefficient (Wildman–Crippen LogP) is 10.2. The molecule has 2 heterocycles. The van der Waals surface area contributed by atoms with Crippen LogP contribution in [-0.2, 0) is 5.41 Å². The maximum Gasteiger partial charge on any atom is 0.0892 e. The van der Waals surface area contributed by atoms with Crippen molar-refractivity contribution in [2.24, 2.45) is 0 Å². The van der Waals surface area contributed by atoms with E-state index in [0.717, 1.165) is 11.4 Å². The van der Waals surface area contributed by atoms with E-state index in [4.69, 9.17) is 4.98 Å². The fourth-order valence-electron chi connectivity index (χ4n) is 7.57. The van der Waals surface area contributed by atoms with Gasteiger partial charge in [0.1, 0.15) is 0 Å². The summed E-state index contributed by atoms with van der Waals surface area (Å²) >= 11 is 0. The Balaban J connectivity index is 1.45. The van der Waals surface area contributed by atoms with Crippen molar-refractivity contribution < 1.29 is 0 Å². The van der Waals surface area contributed by atoms with Crippen LogP contribution in [0.4, 0.5) is 0 Å². The number of rotatable bonds is 4. The summed E-state index contributed by atoms with van der Waals surface area (Å²) in [4.78, 5) is 5.10. The van der Waals surface area contributed by atoms with E-state index in [-0.39, 0.29) is 0 Å². The normalized spacial score (nSPS) is 15.4. The van der Waals surface area contributed by atoms with Crippen LogP contribution in [0, 0.1) is 0 Å². The summed E-state index contributed by atoms with van der Waals surface area (Å²) in [6.45, 7) is 0. The van der Waals surface area contributed by atoms with Crippen molar-refractivity contribution in [1.82, 2.24) is 9.55 Å². The second-order valence-corrected chi connectivity index (χ2v) is 11.5. The van der Waals surface area contributed by atoms with Crippen LogP contribution in [0.15, 0.2) is 170 Å². The van der Waals surface area contributed by atoms with Gasteiger partial charge in [-0.2, -0.15) is 0 Å². The van der Waals surface area contributed by atoms with E-state index >= 15 is 0 Å². The molecule has 0 saturated carbocycles. The van der Waals surface area contributed by atoms with Gasteiger partial charge in [-0.25, -0.2) is 0 Å². The molecule has 8 aromatic rings. The minimum Gasteiger partial charge on any atom is -0.309 e. The number of pyridine rings is 1. The third-order valence-electron chi connectivity index (χ3n) is 9.30. The van der Waals surface area contributed by atoms with Crippen molar-refractivity contribution in [3.8, 4) is 27.9 Å². The van der Waals surface area contributed by atoms with Crippen molar-refractivity contribution in [2.75, 3.05) is 0 Å². The van der Waals surface area contributed by atoms with Crippen molar-refractivity contribution in [2.45, 2.75) is 5.41 Å². The maximum atomic E-state index is 5.10. The molecule has 0 aliphatic heterocycles. The summed E-state index contributed by atoms with van der Waals surface area (Å²) in [7, 11) is 0. The van der Waals surface area contributed by atoms with Crippen LogP contribution < -0.4 is 0 Å². The minimum absolute atomic E-state index is 0.575. The Morgan fingerprint density at radius 2 is 1.23 bits per heavy atom. The number of fused-ring (bicyclic) bond motifs is 7. The molecule has 0 radical (unpaired) electrons. The molecule has 1 aliphatic carbocycles. The standard InChI is InChI=1S/C42H28N2/c1-3-14-29(15-4-1)30-16-13-19-32(28-30)44-37-23-10-8-21-35(37)40-38(44)26-25-34-33-20-7-9-22-36(33)42(41(34)40,31-17-5-2-6-18-31)39-24-11-12-27-43-39/h1-28H. The largest absolute Gasteiger partial charge is 0.309 e. The topological polar surface area (TPSA) is 17.8 Å². The van der Waals surface area contributed by atoms with E-state index in [0.29, 0.717) is 0 Å². The highest BCUT2D eigenvalue weighted by molar-refractivity contribution is 6.15. The molecule has 0 bridgehead atoms. The zero-order chi connectivity index (χ0) is 29.1. The Labute approximate surface area is 256 Å². The lowest BCUT2D eigenvalue weighted by Gasteiger charge is -2.33. The van der Waals surface area contributed by atoms with Gasteiger partial charge in [0.15, 0.2) is 0 Å². The molecule has 1 unspecified atom stereocenters. The molecule has 1 aliphatic rings. The first-order valence-corrected chi connectivity index (χ1v) is 15.1. The highest BCUT2D eigenvalue weighted by Gasteiger charge is 2.48. The number of para-hydroxylation sites is 1. The molecule has 0 spiro atoms. The molecule has 2 heteroatoms. The first-order valence-electron chi connectivity index (χ1n) is 15.1.